The Morgan fingerprint density at radius 2 is 2.05 bits per heavy atom. The SMILES string of the molecule is Cc1nc(C)c(CCNC(=O)NC(CO)CC(C)(C)C)s1. The molecule has 0 aliphatic carbocycles. The average molecular weight is 313 g/mol. The summed E-state index contributed by atoms with van der Waals surface area (Å²) < 4.78 is 0. The molecule has 6 heteroatoms. The number of thiazole rings is 1. The molecule has 0 saturated heterocycles. The molecule has 5 nitrogen and oxygen atoms in total. The molecule has 3 N–H and O–H groups in total. The smallest absolute Gasteiger partial charge is 0.315 e. The zero-order valence-corrected chi connectivity index (χ0v) is 14.4. The number of nitrogens with one attached hydrogen (secondary N) is 2. The fraction of sp³-hybridized carbons (Fsp3) is 0.733. The molecular formula is C15H27N3O2S. The predicted octanol–water partition coefficient (Wildman–Crippen LogP) is 2.40. The minimum absolute atomic E-state index is 0.0438. The second-order valence-electron chi connectivity index (χ2n) is 6.54. The number of hydrogen-bond acceptors (Lipinski definition) is 4. The van der Waals surface area contributed by atoms with Crippen LogP contribution in [0.1, 0.15) is 42.8 Å². The molecule has 120 valence electrons. The lowest BCUT2D eigenvalue weighted by Crippen LogP contribution is -2.45. The molecule has 0 saturated carbocycles. The van der Waals surface area contributed by atoms with Crippen LogP contribution in [0.4, 0.5) is 4.79 Å². The number of rotatable bonds is 6. The number of amides is 2. The van der Waals surface area contributed by atoms with E-state index in [1.807, 2.05) is 13.8 Å². The van der Waals surface area contributed by atoms with E-state index in [4.69, 9.17) is 0 Å². The molecule has 1 aromatic rings. The van der Waals surface area contributed by atoms with Gasteiger partial charge in [-0.2, -0.15) is 0 Å². The number of aromatic nitrogens is 1. The fourth-order valence-electron chi connectivity index (χ4n) is 2.23. The lowest BCUT2D eigenvalue weighted by Gasteiger charge is -2.25. The normalized spacial score (nSPS) is 13.0. The van der Waals surface area contributed by atoms with Gasteiger partial charge < -0.3 is 15.7 Å². The molecule has 0 aliphatic rings. The van der Waals surface area contributed by atoms with Crippen molar-refractivity contribution in [3.8, 4) is 0 Å². The topological polar surface area (TPSA) is 74.2 Å². The highest BCUT2D eigenvalue weighted by molar-refractivity contribution is 7.11. The van der Waals surface area contributed by atoms with Gasteiger partial charge in [-0.1, -0.05) is 20.8 Å². The maximum atomic E-state index is 11.8. The van der Waals surface area contributed by atoms with Gasteiger partial charge in [-0.05, 0) is 25.7 Å². The summed E-state index contributed by atoms with van der Waals surface area (Å²) in [5, 5.41) is 16.0. The number of urea groups is 1. The Balaban J connectivity index is 2.35. The van der Waals surface area contributed by atoms with Crippen LogP contribution >= 0.6 is 11.3 Å². The zero-order valence-electron chi connectivity index (χ0n) is 13.6. The van der Waals surface area contributed by atoms with Gasteiger partial charge in [-0.15, -0.1) is 11.3 Å². The second kappa shape index (κ2) is 7.75. The molecule has 0 radical (unpaired) electrons. The number of aliphatic hydroxyl groups is 1. The van der Waals surface area contributed by atoms with Crippen LogP contribution < -0.4 is 10.6 Å². The van der Waals surface area contributed by atoms with Gasteiger partial charge in [0.2, 0.25) is 0 Å². The zero-order chi connectivity index (χ0) is 16.0. The van der Waals surface area contributed by atoms with E-state index < -0.39 is 0 Å². The number of carbonyl (C=O) groups is 1. The summed E-state index contributed by atoms with van der Waals surface area (Å²) in [6.45, 7) is 10.8. The Kier molecular flexibility index (Phi) is 6.61. The van der Waals surface area contributed by atoms with Gasteiger partial charge in [-0.3, -0.25) is 0 Å². The first kappa shape index (κ1) is 17.9. The van der Waals surface area contributed by atoms with Crippen LogP contribution in [0.3, 0.4) is 0 Å². The van der Waals surface area contributed by atoms with Gasteiger partial charge in [0.05, 0.1) is 23.4 Å². The lowest BCUT2D eigenvalue weighted by atomic mass is 9.88. The summed E-state index contributed by atoms with van der Waals surface area (Å²) in [6, 6.07) is -0.436. The van der Waals surface area contributed by atoms with Crippen LogP contribution in [0.15, 0.2) is 0 Å². The van der Waals surface area contributed by atoms with Crippen molar-refractivity contribution < 1.29 is 9.90 Å². The molecule has 0 fully saturated rings. The van der Waals surface area contributed by atoms with Gasteiger partial charge in [0, 0.05) is 17.8 Å². The van der Waals surface area contributed by atoms with Crippen LogP contribution in [0.2, 0.25) is 0 Å². The van der Waals surface area contributed by atoms with E-state index in [0.29, 0.717) is 6.54 Å². The van der Waals surface area contributed by atoms with Crippen molar-refractivity contribution in [2.24, 2.45) is 5.41 Å². The van der Waals surface area contributed by atoms with E-state index in [1.54, 1.807) is 11.3 Å². The Hall–Kier alpha value is -1.14. The van der Waals surface area contributed by atoms with E-state index in [0.717, 1.165) is 23.5 Å². The second-order valence-corrected chi connectivity index (χ2v) is 7.82. The molecule has 0 bridgehead atoms. The first-order chi connectivity index (χ1) is 9.71. The van der Waals surface area contributed by atoms with Crippen molar-refractivity contribution in [2.45, 2.75) is 53.5 Å². The summed E-state index contributed by atoms with van der Waals surface area (Å²) in [4.78, 5) is 17.4. The van der Waals surface area contributed by atoms with Gasteiger partial charge in [-0.25, -0.2) is 9.78 Å². The molecule has 21 heavy (non-hydrogen) atoms. The third kappa shape index (κ3) is 6.91. The monoisotopic (exact) mass is 313 g/mol. The third-order valence-electron chi connectivity index (χ3n) is 3.05. The van der Waals surface area contributed by atoms with E-state index in [2.05, 4.69) is 36.4 Å². The van der Waals surface area contributed by atoms with Crippen molar-refractivity contribution in [2.75, 3.05) is 13.2 Å². The Bertz CT molecular complexity index is 466. The maximum absolute atomic E-state index is 11.8. The van der Waals surface area contributed by atoms with Gasteiger partial charge in [0.1, 0.15) is 0 Å². The van der Waals surface area contributed by atoms with Gasteiger partial charge in [0.25, 0.3) is 0 Å². The number of carbonyl (C=O) groups excluding carboxylic acids is 1. The van der Waals surface area contributed by atoms with E-state index in [9.17, 15) is 9.90 Å². The number of nitrogens with zero attached hydrogens (tertiary/aromatic N) is 1. The summed E-state index contributed by atoms with van der Waals surface area (Å²) in [5.41, 5.74) is 1.11. The largest absolute Gasteiger partial charge is 0.394 e. The molecule has 1 atom stereocenters. The Morgan fingerprint density at radius 3 is 2.52 bits per heavy atom. The van der Waals surface area contributed by atoms with Crippen LogP contribution in [-0.4, -0.2) is 35.3 Å². The maximum Gasteiger partial charge on any atom is 0.315 e. The summed E-state index contributed by atoms with van der Waals surface area (Å²) in [7, 11) is 0. The average Bonchev–Trinajstić information content (AvgIpc) is 2.65. The lowest BCUT2D eigenvalue weighted by molar-refractivity contribution is 0.191. The van der Waals surface area contributed by atoms with Crippen molar-refractivity contribution in [1.82, 2.24) is 15.6 Å². The molecule has 0 spiro atoms. The van der Waals surface area contributed by atoms with Crippen molar-refractivity contribution >= 4 is 17.4 Å². The third-order valence-corrected chi connectivity index (χ3v) is 4.18. The molecule has 0 aliphatic heterocycles. The van der Waals surface area contributed by atoms with Crippen molar-refractivity contribution in [1.29, 1.82) is 0 Å². The first-order valence-corrected chi connectivity index (χ1v) is 8.11. The van der Waals surface area contributed by atoms with Crippen molar-refractivity contribution in [3.05, 3.63) is 15.6 Å². The quantitative estimate of drug-likeness (QED) is 0.755. The van der Waals surface area contributed by atoms with E-state index >= 15 is 0 Å². The Labute approximate surface area is 131 Å². The van der Waals surface area contributed by atoms with Crippen LogP contribution in [0.25, 0.3) is 0 Å². The number of hydrogen-bond donors (Lipinski definition) is 3. The predicted molar refractivity (Wildman–Crippen MR) is 86.8 cm³/mol. The standard InChI is InChI=1S/C15H27N3O2S/c1-10-13(21-11(2)17-10)6-7-16-14(20)18-12(9-19)8-15(3,4)5/h12,19H,6-9H2,1-5H3,(H2,16,18,20). The van der Waals surface area contributed by atoms with Crippen LogP contribution in [0, 0.1) is 19.3 Å². The Morgan fingerprint density at radius 1 is 1.38 bits per heavy atom. The van der Waals surface area contributed by atoms with Crippen LogP contribution in [0.5, 0.6) is 0 Å². The molecule has 1 unspecified atom stereocenters. The molecule has 1 aromatic heterocycles. The molecule has 1 heterocycles. The fourth-order valence-corrected chi connectivity index (χ4v) is 3.17. The molecule has 2 amide bonds. The summed E-state index contributed by atoms with van der Waals surface area (Å²) in [6.07, 6.45) is 1.53. The summed E-state index contributed by atoms with van der Waals surface area (Å²) >= 11 is 1.67. The summed E-state index contributed by atoms with van der Waals surface area (Å²) in [5.74, 6) is 0. The van der Waals surface area contributed by atoms with Crippen molar-refractivity contribution in [3.63, 3.8) is 0 Å². The minimum atomic E-state index is -0.225. The molecule has 0 aromatic carbocycles. The highest BCUT2D eigenvalue weighted by Crippen LogP contribution is 2.20. The highest BCUT2D eigenvalue weighted by Gasteiger charge is 2.19. The highest BCUT2D eigenvalue weighted by atomic mass is 32.1. The first-order valence-electron chi connectivity index (χ1n) is 7.29. The number of aliphatic hydroxyl groups excluding tert-OH is 1. The van der Waals surface area contributed by atoms with Gasteiger partial charge >= 0.3 is 6.03 Å². The van der Waals surface area contributed by atoms with E-state index in [-0.39, 0.29) is 24.1 Å². The number of aryl methyl sites for hydroxylation is 2. The minimum Gasteiger partial charge on any atom is -0.394 e. The van der Waals surface area contributed by atoms with E-state index in [1.165, 1.54) is 4.88 Å². The van der Waals surface area contributed by atoms with Crippen LogP contribution in [-0.2, 0) is 6.42 Å². The van der Waals surface area contributed by atoms with Gasteiger partial charge in [0.15, 0.2) is 0 Å². The molecular weight excluding hydrogens is 286 g/mol. The molecule has 1 rings (SSSR count).